The van der Waals surface area contributed by atoms with E-state index in [2.05, 4.69) is 29.2 Å². The largest absolute Gasteiger partial charge is 0.482 e. The lowest BCUT2D eigenvalue weighted by molar-refractivity contribution is 0.0594. The highest BCUT2D eigenvalue weighted by atomic mass is 35.5. The van der Waals surface area contributed by atoms with Crippen LogP contribution < -0.4 is 10.5 Å². The predicted octanol–water partition coefficient (Wildman–Crippen LogP) is 4.46. The lowest BCUT2D eigenvalue weighted by Gasteiger charge is -2.38. The van der Waals surface area contributed by atoms with Gasteiger partial charge in [0.15, 0.2) is 0 Å². The zero-order valence-corrected chi connectivity index (χ0v) is 15.5. The normalized spacial score (nSPS) is 26.4. The van der Waals surface area contributed by atoms with Crippen molar-refractivity contribution in [3.63, 3.8) is 0 Å². The molecule has 0 saturated carbocycles. The fourth-order valence-corrected chi connectivity index (χ4v) is 4.50. The molecule has 1 fully saturated rings. The summed E-state index contributed by atoms with van der Waals surface area (Å²) in [5.41, 5.74) is 8.81. The highest BCUT2D eigenvalue weighted by molar-refractivity contribution is 6.35. The minimum absolute atomic E-state index is 0.0415. The molecule has 1 saturated heterocycles. The molecule has 5 heteroatoms. The second kappa shape index (κ2) is 7.16. The zero-order valence-electron chi connectivity index (χ0n) is 14.0. The van der Waals surface area contributed by atoms with Crippen LogP contribution in [0.1, 0.15) is 30.1 Å². The summed E-state index contributed by atoms with van der Waals surface area (Å²) in [7, 11) is 0. The molecule has 4 rings (SSSR count). The lowest BCUT2D eigenvalue weighted by atomic mass is 10.0. The van der Waals surface area contributed by atoms with Crippen LogP contribution in [0.3, 0.4) is 0 Å². The molecule has 1 aliphatic carbocycles. The molecule has 2 N–H and O–H groups in total. The van der Waals surface area contributed by atoms with Gasteiger partial charge in [0.1, 0.15) is 11.9 Å². The Hall–Kier alpha value is -1.26. The Kier molecular flexibility index (Phi) is 4.92. The lowest BCUT2D eigenvalue weighted by Crippen LogP contribution is -2.49. The van der Waals surface area contributed by atoms with E-state index in [0.717, 1.165) is 32.4 Å². The van der Waals surface area contributed by atoms with Crippen LogP contribution in [0.4, 0.5) is 0 Å². The standard InChI is InChI=1S/C20H22Cl2N2O/c21-14-7-8-19(17(22)11-14)25-20-16-6-2-1-4-13(16)10-18(20)24-9-3-5-15(23)12-24/h1-2,4,6-8,11,15,18,20H,3,5,9-10,12,23H2. The van der Waals surface area contributed by atoms with E-state index in [9.17, 15) is 0 Å². The molecule has 3 nitrogen and oxygen atoms in total. The highest BCUT2D eigenvalue weighted by Crippen LogP contribution is 2.40. The molecule has 0 amide bonds. The van der Waals surface area contributed by atoms with Crippen molar-refractivity contribution >= 4 is 23.2 Å². The number of hydrogen-bond donors (Lipinski definition) is 1. The Morgan fingerprint density at radius 2 is 1.96 bits per heavy atom. The van der Waals surface area contributed by atoms with E-state index in [0.29, 0.717) is 15.8 Å². The molecule has 2 aliphatic rings. The minimum atomic E-state index is -0.0415. The Morgan fingerprint density at radius 1 is 1.12 bits per heavy atom. The molecule has 3 unspecified atom stereocenters. The molecule has 2 aromatic rings. The average molecular weight is 377 g/mol. The van der Waals surface area contributed by atoms with E-state index >= 15 is 0 Å². The molecule has 1 aliphatic heterocycles. The van der Waals surface area contributed by atoms with E-state index in [-0.39, 0.29) is 18.2 Å². The van der Waals surface area contributed by atoms with Crippen LogP contribution >= 0.6 is 23.2 Å². The van der Waals surface area contributed by atoms with Gasteiger partial charge in [0, 0.05) is 17.6 Å². The van der Waals surface area contributed by atoms with Gasteiger partial charge in [0.2, 0.25) is 0 Å². The quantitative estimate of drug-likeness (QED) is 0.858. The molecule has 0 spiro atoms. The molecule has 1 heterocycles. The zero-order chi connectivity index (χ0) is 17.4. The first kappa shape index (κ1) is 17.2. The van der Waals surface area contributed by atoms with Crippen LogP contribution in [0.2, 0.25) is 10.0 Å². The van der Waals surface area contributed by atoms with Crippen molar-refractivity contribution in [1.82, 2.24) is 4.90 Å². The van der Waals surface area contributed by atoms with Crippen molar-refractivity contribution < 1.29 is 4.74 Å². The van der Waals surface area contributed by atoms with Gasteiger partial charge >= 0.3 is 0 Å². The van der Waals surface area contributed by atoms with Crippen LogP contribution in [-0.4, -0.2) is 30.1 Å². The molecule has 25 heavy (non-hydrogen) atoms. The van der Waals surface area contributed by atoms with Gasteiger partial charge in [-0.2, -0.15) is 0 Å². The first-order valence-electron chi connectivity index (χ1n) is 8.81. The maximum absolute atomic E-state index is 6.42. The number of fused-ring (bicyclic) bond motifs is 1. The van der Waals surface area contributed by atoms with Gasteiger partial charge in [-0.3, -0.25) is 4.90 Å². The number of ether oxygens (including phenoxy) is 1. The van der Waals surface area contributed by atoms with Crippen molar-refractivity contribution in [1.29, 1.82) is 0 Å². The summed E-state index contributed by atoms with van der Waals surface area (Å²) in [6.07, 6.45) is 3.19. The van der Waals surface area contributed by atoms with Gasteiger partial charge < -0.3 is 10.5 Å². The topological polar surface area (TPSA) is 38.5 Å². The summed E-state index contributed by atoms with van der Waals surface area (Å²) in [5.74, 6) is 0.680. The summed E-state index contributed by atoms with van der Waals surface area (Å²) in [4.78, 5) is 2.49. The van der Waals surface area contributed by atoms with E-state index in [1.54, 1.807) is 6.07 Å². The maximum Gasteiger partial charge on any atom is 0.140 e. The molecule has 0 bridgehead atoms. The summed E-state index contributed by atoms with van der Waals surface area (Å²) in [5, 5.41) is 1.16. The fourth-order valence-electron chi connectivity index (χ4n) is 4.05. The van der Waals surface area contributed by atoms with Gasteiger partial charge in [-0.05, 0) is 55.1 Å². The highest BCUT2D eigenvalue weighted by Gasteiger charge is 2.39. The van der Waals surface area contributed by atoms with Crippen LogP contribution in [0.25, 0.3) is 0 Å². The Balaban J connectivity index is 1.65. The summed E-state index contributed by atoms with van der Waals surface area (Å²) < 4.78 is 6.42. The van der Waals surface area contributed by atoms with Crippen LogP contribution in [0, 0.1) is 0 Å². The summed E-state index contributed by atoms with van der Waals surface area (Å²) in [6, 6.07) is 14.4. The molecule has 0 radical (unpaired) electrons. The van der Waals surface area contributed by atoms with Crippen molar-refractivity contribution in [2.24, 2.45) is 5.73 Å². The second-order valence-electron chi connectivity index (χ2n) is 6.98. The molecule has 0 aromatic heterocycles. The molecular formula is C20H22Cl2N2O. The number of nitrogens with two attached hydrogens (primary N) is 1. The van der Waals surface area contributed by atoms with Crippen molar-refractivity contribution in [3.05, 3.63) is 63.6 Å². The first-order valence-corrected chi connectivity index (χ1v) is 9.56. The third kappa shape index (κ3) is 3.52. The average Bonchev–Trinajstić information content (AvgIpc) is 2.96. The minimum Gasteiger partial charge on any atom is -0.482 e. The number of halogens is 2. The SMILES string of the molecule is NC1CCCN(C2Cc3ccccc3C2Oc2ccc(Cl)cc2Cl)C1. The Bertz CT molecular complexity index is 767. The predicted molar refractivity (Wildman–Crippen MR) is 103 cm³/mol. The van der Waals surface area contributed by atoms with E-state index in [1.807, 2.05) is 12.1 Å². The number of piperidine rings is 1. The van der Waals surface area contributed by atoms with Gasteiger partial charge in [-0.25, -0.2) is 0 Å². The third-order valence-electron chi connectivity index (χ3n) is 5.25. The number of hydrogen-bond acceptors (Lipinski definition) is 3. The number of nitrogens with zero attached hydrogens (tertiary/aromatic N) is 1. The Labute approximate surface area is 158 Å². The smallest absolute Gasteiger partial charge is 0.140 e. The first-order chi connectivity index (χ1) is 12.1. The third-order valence-corrected chi connectivity index (χ3v) is 5.78. The van der Waals surface area contributed by atoms with Gasteiger partial charge in [0.05, 0.1) is 11.1 Å². The van der Waals surface area contributed by atoms with Crippen molar-refractivity contribution in [2.75, 3.05) is 13.1 Å². The van der Waals surface area contributed by atoms with Crippen molar-refractivity contribution in [2.45, 2.75) is 37.5 Å². The van der Waals surface area contributed by atoms with Crippen LogP contribution in [0.5, 0.6) is 5.75 Å². The molecule has 132 valence electrons. The van der Waals surface area contributed by atoms with Crippen LogP contribution in [-0.2, 0) is 6.42 Å². The summed E-state index contributed by atoms with van der Waals surface area (Å²) >= 11 is 12.4. The van der Waals surface area contributed by atoms with Gasteiger partial charge in [0.25, 0.3) is 0 Å². The monoisotopic (exact) mass is 376 g/mol. The van der Waals surface area contributed by atoms with Gasteiger partial charge in [-0.1, -0.05) is 47.5 Å². The second-order valence-corrected chi connectivity index (χ2v) is 7.82. The maximum atomic E-state index is 6.42. The number of rotatable bonds is 3. The number of benzene rings is 2. The van der Waals surface area contributed by atoms with Gasteiger partial charge in [-0.15, -0.1) is 0 Å². The Morgan fingerprint density at radius 3 is 2.76 bits per heavy atom. The van der Waals surface area contributed by atoms with Crippen molar-refractivity contribution in [3.8, 4) is 5.75 Å². The fraction of sp³-hybridized carbons (Fsp3) is 0.400. The van der Waals surface area contributed by atoms with E-state index < -0.39 is 0 Å². The van der Waals surface area contributed by atoms with Crippen LogP contribution in [0.15, 0.2) is 42.5 Å². The van der Waals surface area contributed by atoms with E-state index in [4.69, 9.17) is 33.7 Å². The summed E-state index contributed by atoms with van der Waals surface area (Å²) in [6.45, 7) is 1.99. The molecule has 2 aromatic carbocycles. The molecular weight excluding hydrogens is 355 g/mol. The number of likely N-dealkylation sites (tertiary alicyclic amines) is 1. The molecule has 3 atom stereocenters. The van der Waals surface area contributed by atoms with E-state index in [1.165, 1.54) is 11.1 Å².